The summed E-state index contributed by atoms with van der Waals surface area (Å²) < 4.78 is 25.6. The number of nitrogens with zero attached hydrogens (tertiary/aromatic N) is 1. The predicted molar refractivity (Wildman–Crippen MR) is 113 cm³/mol. The smallest absolute Gasteiger partial charge is 0.240 e. The molecule has 0 aliphatic rings. The monoisotopic (exact) mass is 406 g/mol. The molecular weight excluding hydrogens is 380 g/mol. The fraction of sp³-hybridized carbons (Fsp3) is 0.350. The number of carbonyl (C=O) groups is 1. The molecule has 0 bridgehead atoms. The van der Waals surface area contributed by atoms with Gasteiger partial charge < -0.3 is 5.32 Å². The van der Waals surface area contributed by atoms with Crippen LogP contribution in [0.3, 0.4) is 0 Å². The fourth-order valence-corrected chi connectivity index (χ4v) is 4.22. The zero-order valence-corrected chi connectivity index (χ0v) is 17.8. The van der Waals surface area contributed by atoms with E-state index in [-0.39, 0.29) is 12.5 Å². The van der Waals surface area contributed by atoms with Gasteiger partial charge in [0, 0.05) is 17.2 Å². The Balaban J connectivity index is 1.94. The lowest BCUT2D eigenvalue weighted by Crippen LogP contribution is -2.41. The highest BCUT2D eigenvalue weighted by Gasteiger charge is 2.22. The first-order chi connectivity index (χ1) is 12.7. The van der Waals surface area contributed by atoms with Crippen molar-refractivity contribution in [3.8, 4) is 0 Å². The Bertz CT molecular complexity index is 894. The van der Waals surface area contributed by atoms with Gasteiger partial charge in [-0.05, 0) is 50.1 Å². The van der Waals surface area contributed by atoms with Gasteiger partial charge in [-0.15, -0.1) is 11.8 Å². The van der Waals surface area contributed by atoms with Crippen LogP contribution in [0.25, 0.3) is 0 Å². The van der Waals surface area contributed by atoms with Crippen molar-refractivity contribution in [2.24, 2.45) is 0 Å². The van der Waals surface area contributed by atoms with E-state index in [1.807, 2.05) is 45.0 Å². The van der Waals surface area contributed by atoms with Crippen molar-refractivity contribution in [3.63, 3.8) is 0 Å². The molecule has 0 unspecified atom stereocenters. The third-order valence-electron chi connectivity index (χ3n) is 4.03. The van der Waals surface area contributed by atoms with Crippen molar-refractivity contribution in [2.75, 3.05) is 29.4 Å². The summed E-state index contributed by atoms with van der Waals surface area (Å²) in [6.45, 7) is 6.02. The Kier molecular flexibility index (Phi) is 7.33. The van der Waals surface area contributed by atoms with Gasteiger partial charge in [-0.3, -0.25) is 9.10 Å². The molecule has 2 aromatic carbocycles. The second-order valence-corrected chi connectivity index (χ2v) is 9.65. The molecule has 0 saturated heterocycles. The number of sulfonamides is 1. The summed E-state index contributed by atoms with van der Waals surface area (Å²) in [6.07, 6.45) is 1.12. The van der Waals surface area contributed by atoms with Crippen molar-refractivity contribution in [3.05, 3.63) is 59.2 Å². The van der Waals surface area contributed by atoms with Crippen LogP contribution < -0.4 is 9.62 Å². The van der Waals surface area contributed by atoms with Crippen molar-refractivity contribution in [1.82, 2.24) is 5.32 Å². The van der Waals surface area contributed by atoms with Gasteiger partial charge in [0.2, 0.25) is 15.9 Å². The maximum absolute atomic E-state index is 12.3. The lowest BCUT2D eigenvalue weighted by molar-refractivity contribution is -0.119. The summed E-state index contributed by atoms with van der Waals surface area (Å²) in [5, 5.41) is 2.80. The molecule has 0 fully saturated rings. The van der Waals surface area contributed by atoms with Crippen LogP contribution in [0.4, 0.5) is 5.69 Å². The van der Waals surface area contributed by atoms with E-state index in [1.54, 1.807) is 17.8 Å². The van der Waals surface area contributed by atoms with Crippen LogP contribution in [0.1, 0.15) is 16.7 Å². The van der Waals surface area contributed by atoms with E-state index < -0.39 is 10.0 Å². The largest absolute Gasteiger partial charge is 0.354 e. The molecule has 2 aromatic rings. The van der Waals surface area contributed by atoms with Crippen LogP contribution in [0, 0.1) is 20.8 Å². The molecule has 0 heterocycles. The van der Waals surface area contributed by atoms with Crippen LogP contribution in [-0.4, -0.2) is 39.4 Å². The number of anilines is 1. The number of hydrogen-bond donors (Lipinski definition) is 1. The number of benzene rings is 2. The molecule has 0 aliphatic carbocycles. The van der Waals surface area contributed by atoms with E-state index in [0.29, 0.717) is 12.2 Å². The van der Waals surface area contributed by atoms with Crippen molar-refractivity contribution >= 4 is 33.4 Å². The highest BCUT2D eigenvalue weighted by atomic mass is 32.2. The normalized spacial score (nSPS) is 11.3. The van der Waals surface area contributed by atoms with E-state index in [9.17, 15) is 13.2 Å². The molecule has 2 rings (SSSR count). The number of rotatable bonds is 8. The first-order valence-electron chi connectivity index (χ1n) is 8.68. The van der Waals surface area contributed by atoms with Crippen LogP contribution >= 0.6 is 11.8 Å². The maximum Gasteiger partial charge on any atom is 0.240 e. The number of thioether (sulfide) groups is 1. The van der Waals surface area contributed by atoms with Gasteiger partial charge >= 0.3 is 0 Å². The minimum Gasteiger partial charge on any atom is -0.354 e. The maximum atomic E-state index is 12.3. The fourth-order valence-electron chi connectivity index (χ4n) is 2.55. The van der Waals surface area contributed by atoms with E-state index in [2.05, 4.69) is 17.4 Å². The summed E-state index contributed by atoms with van der Waals surface area (Å²) in [5.41, 5.74) is 3.51. The van der Waals surface area contributed by atoms with Crippen LogP contribution in [-0.2, 0) is 14.8 Å². The number of hydrogen-bond acceptors (Lipinski definition) is 4. The summed E-state index contributed by atoms with van der Waals surface area (Å²) in [6, 6.07) is 13.8. The van der Waals surface area contributed by atoms with Gasteiger partial charge in [0.15, 0.2) is 0 Å². The molecule has 0 atom stereocenters. The van der Waals surface area contributed by atoms with Gasteiger partial charge in [0.05, 0.1) is 11.9 Å². The Morgan fingerprint density at radius 1 is 1.04 bits per heavy atom. The Morgan fingerprint density at radius 2 is 1.67 bits per heavy atom. The molecule has 1 N–H and O–H groups in total. The number of nitrogens with one attached hydrogen (secondary N) is 1. The minimum atomic E-state index is -3.56. The Morgan fingerprint density at radius 3 is 2.30 bits per heavy atom. The number of carbonyl (C=O) groups excluding carboxylic acids is 1. The van der Waals surface area contributed by atoms with Gasteiger partial charge in [0.25, 0.3) is 0 Å². The zero-order chi connectivity index (χ0) is 20.0. The van der Waals surface area contributed by atoms with Gasteiger partial charge in [-0.1, -0.05) is 29.8 Å². The van der Waals surface area contributed by atoms with Crippen molar-refractivity contribution in [1.29, 1.82) is 0 Å². The molecule has 0 saturated carbocycles. The highest BCUT2D eigenvalue weighted by molar-refractivity contribution is 7.99. The number of amides is 1. The van der Waals surface area contributed by atoms with E-state index in [1.165, 1.54) is 5.56 Å². The molecule has 27 heavy (non-hydrogen) atoms. The lowest BCUT2D eigenvalue weighted by Gasteiger charge is -2.24. The summed E-state index contributed by atoms with van der Waals surface area (Å²) >= 11 is 1.65. The van der Waals surface area contributed by atoms with E-state index in [0.717, 1.165) is 32.3 Å². The van der Waals surface area contributed by atoms with Crippen LogP contribution in [0.15, 0.2) is 47.4 Å². The van der Waals surface area contributed by atoms with Crippen LogP contribution in [0.5, 0.6) is 0 Å². The molecule has 0 aliphatic heterocycles. The Hall–Kier alpha value is -1.99. The topological polar surface area (TPSA) is 66.5 Å². The third kappa shape index (κ3) is 6.59. The summed E-state index contributed by atoms with van der Waals surface area (Å²) in [5.74, 6) is 0.405. The van der Waals surface area contributed by atoms with Crippen LogP contribution in [0.2, 0.25) is 0 Å². The second kappa shape index (κ2) is 9.28. The van der Waals surface area contributed by atoms with Crippen molar-refractivity contribution in [2.45, 2.75) is 25.7 Å². The van der Waals surface area contributed by atoms with Gasteiger partial charge in [0.1, 0.15) is 6.54 Å². The molecule has 146 valence electrons. The quantitative estimate of drug-likeness (QED) is 0.540. The van der Waals surface area contributed by atoms with E-state index in [4.69, 9.17) is 0 Å². The molecule has 7 heteroatoms. The Labute approximate surface area is 166 Å². The molecule has 0 radical (unpaired) electrons. The number of aryl methyl sites for hydroxylation is 3. The predicted octanol–water partition coefficient (Wildman–Crippen LogP) is 3.29. The average Bonchev–Trinajstić information content (AvgIpc) is 2.59. The molecule has 1 amide bonds. The van der Waals surface area contributed by atoms with E-state index >= 15 is 0 Å². The molecular formula is C20H26N2O3S2. The third-order valence-corrected chi connectivity index (χ3v) is 6.18. The molecule has 0 aromatic heterocycles. The first kappa shape index (κ1) is 21.3. The summed E-state index contributed by atoms with van der Waals surface area (Å²) in [4.78, 5) is 13.4. The molecule has 5 nitrogen and oxygen atoms in total. The van der Waals surface area contributed by atoms with Gasteiger partial charge in [-0.2, -0.15) is 0 Å². The first-order valence-corrected chi connectivity index (χ1v) is 11.5. The minimum absolute atomic E-state index is 0.224. The molecule has 0 spiro atoms. The van der Waals surface area contributed by atoms with Crippen molar-refractivity contribution < 1.29 is 13.2 Å². The zero-order valence-electron chi connectivity index (χ0n) is 16.2. The lowest BCUT2D eigenvalue weighted by atomic mass is 10.1. The highest BCUT2D eigenvalue weighted by Crippen LogP contribution is 2.23. The van der Waals surface area contributed by atoms with Gasteiger partial charge in [-0.25, -0.2) is 8.42 Å². The second-order valence-electron chi connectivity index (χ2n) is 6.57. The SMILES string of the molecule is Cc1ccc(SCCNC(=O)CN(c2cc(C)ccc2C)S(C)(=O)=O)cc1. The summed E-state index contributed by atoms with van der Waals surface area (Å²) in [7, 11) is -3.56. The average molecular weight is 407 g/mol. The standard InChI is InChI=1S/C20H26N2O3S2/c1-15-6-9-18(10-7-15)26-12-11-21-20(23)14-22(27(4,24)25)19-13-16(2)5-8-17(19)3/h5-10,13H,11-12,14H2,1-4H3,(H,21,23).